The van der Waals surface area contributed by atoms with E-state index in [9.17, 15) is 4.79 Å². The summed E-state index contributed by atoms with van der Waals surface area (Å²) in [7, 11) is 0. The number of rotatable bonds is 5. The van der Waals surface area contributed by atoms with Crippen molar-refractivity contribution in [3.8, 4) is 0 Å². The molecule has 1 atom stereocenters. The number of carbonyl (C=O) groups is 1. The summed E-state index contributed by atoms with van der Waals surface area (Å²) < 4.78 is 0. The second kappa shape index (κ2) is 4.99. The standard InChI is InChI=1S/C7H12O3/c1-2-3-6(5-8)4-7(9)10/h2,6,8H,1,3-5H2,(H,9,10). The first-order chi connectivity index (χ1) is 4.70. The molecule has 0 bridgehead atoms. The van der Waals surface area contributed by atoms with Crippen molar-refractivity contribution in [2.45, 2.75) is 12.8 Å². The zero-order valence-corrected chi connectivity index (χ0v) is 5.79. The van der Waals surface area contributed by atoms with E-state index in [4.69, 9.17) is 10.2 Å². The maximum absolute atomic E-state index is 10.1. The SMILES string of the molecule is C=CCC(CO)CC(=O)O. The van der Waals surface area contributed by atoms with Gasteiger partial charge in [-0.1, -0.05) is 6.08 Å². The molecule has 2 N–H and O–H groups in total. The molecule has 0 fully saturated rings. The Balaban J connectivity index is 3.59. The molecule has 10 heavy (non-hydrogen) atoms. The Labute approximate surface area is 60.0 Å². The van der Waals surface area contributed by atoms with Crippen LogP contribution in [0, 0.1) is 5.92 Å². The van der Waals surface area contributed by atoms with Gasteiger partial charge in [-0.2, -0.15) is 0 Å². The lowest BCUT2D eigenvalue weighted by Crippen LogP contribution is -2.10. The predicted molar refractivity (Wildman–Crippen MR) is 37.6 cm³/mol. The fourth-order valence-electron chi connectivity index (χ4n) is 0.705. The van der Waals surface area contributed by atoms with Gasteiger partial charge in [0.25, 0.3) is 0 Å². The number of hydrogen-bond donors (Lipinski definition) is 2. The predicted octanol–water partition coefficient (Wildman–Crippen LogP) is 0.646. The highest BCUT2D eigenvalue weighted by Crippen LogP contribution is 2.07. The second-order valence-corrected chi connectivity index (χ2v) is 2.17. The molecule has 3 heteroatoms. The van der Waals surface area contributed by atoms with Gasteiger partial charge in [0.15, 0.2) is 0 Å². The normalized spacial score (nSPS) is 12.5. The fourth-order valence-corrected chi connectivity index (χ4v) is 0.705. The Kier molecular flexibility index (Phi) is 4.58. The molecular weight excluding hydrogens is 132 g/mol. The van der Waals surface area contributed by atoms with Crippen LogP contribution in [0.5, 0.6) is 0 Å². The maximum atomic E-state index is 10.1. The Morgan fingerprint density at radius 3 is 2.60 bits per heavy atom. The number of allylic oxidation sites excluding steroid dienone is 1. The largest absolute Gasteiger partial charge is 0.481 e. The summed E-state index contributed by atoms with van der Waals surface area (Å²) >= 11 is 0. The van der Waals surface area contributed by atoms with E-state index in [-0.39, 0.29) is 18.9 Å². The lowest BCUT2D eigenvalue weighted by atomic mass is 10.0. The van der Waals surface area contributed by atoms with Gasteiger partial charge in [-0.15, -0.1) is 6.58 Å². The molecule has 0 aliphatic rings. The summed E-state index contributed by atoms with van der Waals surface area (Å²) in [6.07, 6.45) is 2.19. The molecule has 0 radical (unpaired) electrons. The summed E-state index contributed by atoms with van der Waals surface area (Å²) in [6, 6.07) is 0. The quantitative estimate of drug-likeness (QED) is 0.557. The van der Waals surface area contributed by atoms with E-state index < -0.39 is 5.97 Å². The molecule has 0 amide bonds. The van der Waals surface area contributed by atoms with Gasteiger partial charge < -0.3 is 10.2 Å². The Bertz CT molecular complexity index is 120. The van der Waals surface area contributed by atoms with E-state index in [1.165, 1.54) is 0 Å². The van der Waals surface area contributed by atoms with Gasteiger partial charge in [-0.3, -0.25) is 4.79 Å². The smallest absolute Gasteiger partial charge is 0.303 e. The summed E-state index contributed by atoms with van der Waals surface area (Å²) in [6.45, 7) is 3.37. The molecule has 3 nitrogen and oxygen atoms in total. The Morgan fingerprint density at radius 2 is 2.30 bits per heavy atom. The first kappa shape index (κ1) is 9.17. The van der Waals surface area contributed by atoms with Crippen molar-refractivity contribution in [2.75, 3.05) is 6.61 Å². The molecule has 0 aromatic rings. The minimum atomic E-state index is -0.874. The van der Waals surface area contributed by atoms with Gasteiger partial charge in [0.2, 0.25) is 0 Å². The minimum Gasteiger partial charge on any atom is -0.481 e. The topological polar surface area (TPSA) is 57.5 Å². The van der Waals surface area contributed by atoms with Crippen LogP contribution in [0.25, 0.3) is 0 Å². The van der Waals surface area contributed by atoms with Gasteiger partial charge >= 0.3 is 5.97 Å². The van der Waals surface area contributed by atoms with E-state index in [1.54, 1.807) is 6.08 Å². The molecular formula is C7H12O3. The summed E-state index contributed by atoms with van der Waals surface area (Å²) in [5, 5.41) is 16.9. The number of aliphatic carboxylic acids is 1. The van der Waals surface area contributed by atoms with Gasteiger partial charge in [0.1, 0.15) is 0 Å². The van der Waals surface area contributed by atoms with Gasteiger partial charge in [-0.25, -0.2) is 0 Å². The van der Waals surface area contributed by atoms with E-state index in [2.05, 4.69) is 6.58 Å². The van der Waals surface area contributed by atoms with Crippen molar-refractivity contribution in [3.63, 3.8) is 0 Å². The van der Waals surface area contributed by atoms with E-state index in [1.807, 2.05) is 0 Å². The van der Waals surface area contributed by atoms with Crippen LogP contribution in [0.4, 0.5) is 0 Å². The zero-order chi connectivity index (χ0) is 7.98. The highest BCUT2D eigenvalue weighted by Gasteiger charge is 2.09. The van der Waals surface area contributed by atoms with E-state index >= 15 is 0 Å². The van der Waals surface area contributed by atoms with Gasteiger partial charge in [0, 0.05) is 6.61 Å². The Morgan fingerprint density at radius 1 is 1.70 bits per heavy atom. The molecule has 0 rings (SSSR count). The van der Waals surface area contributed by atoms with Crippen molar-refractivity contribution in [3.05, 3.63) is 12.7 Å². The lowest BCUT2D eigenvalue weighted by molar-refractivity contribution is -0.138. The van der Waals surface area contributed by atoms with E-state index in [0.29, 0.717) is 6.42 Å². The van der Waals surface area contributed by atoms with Crippen LogP contribution in [0.15, 0.2) is 12.7 Å². The molecule has 0 heterocycles. The van der Waals surface area contributed by atoms with Crippen molar-refractivity contribution in [2.24, 2.45) is 5.92 Å². The molecule has 0 saturated heterocycles. The van der Waals surface area contributed by atoms with E-state index in [0.717, 1.165) is 0 Å². The van der Waals surface area contributed by atoms with Crippen LogP contribution in [-0.2, 0) is 4.79 Å². The van der Waals surface area contributed by atoms with Gasteiger partial charge in [-0.05, 0) is 12.3 Å². The number of aliphatic hydroxyl groups excluding tert-OH is 1. The summed E-state index contributed by atoms with van der Waals surface area (Å²) in [5.74, 6) is -1.05. The summed E-state index contributed by atoms with van der Waals surface area (Å²) in [5.41, 5.74) is 0. The number of carboxylic acids is 1. The van der Waals surface area contributed by atoms with Crippen LogP contribution in [-0.4, -0.2) is 22.8 Å². The maximum Gasteiger partial charge on any atom is 0.303 e. The molecule has 1 unspecified atom stereocenters. The number of hydrogen-bond acceptors (Lipinski definition) is 2. The van der Waals surface area contributed by atoms with Crippen LogP contribution in [0.3, 0.4) is 0 Å². The average Bonchev–Trinajstić information content (AvgIpc) is 1.86. The zero-order valence-electron chi connectivity index (χ0n) is 5.79. The third kappa shape index (κ3) is 4.09. The fraction of sp³-hybridized carbons (Fsp3) is 0.571. The van der Waals surface area contributed by atoms with Crippen molar-refractivity contribution < 1.29 is 15.0 Å². The first-order valence-electron chi connectivity index (χ1n) is 3.14. The minimum absolute atomic E-state index is 0.0164. The van der Waals surface area contributed by atoms with Crippen molar-refractivity contribution >= 4 is 5.97 Å². The molecule has 0 spiro atoms. The molecule has 0 aliphatic heterocycles. The average molecular weight is 144 g/mol. The molecule has 0 aromatic carbocycles. The third-order valence-corrected chi connectivity index (χ3v) is 1.22. The highest BCUT2D eigenvalue weighted by molar-refractivity contribution is 5.67. The monoisotopic (exact) mass is 144 g/mol. The van der Waals surface area contributed by atoms with Gasteiger partial charge in [0.05, 0.1) is 6.42 Å². The highest BCUT2D eigenvalue weighted by atomic mass is 16.4. The van der Waals surface area contributed by atoms with Crippen LogP contribution < -0.4 is 0 Å². The number of aliphatic hydroxyl groups is 1. The van der Waals surface area contributed by atoms with Crippen LogP contribution >= 0.6 is 0 Å². The number of carboxylic acid groups (broad SMARTS) is 1. The van der Waals surface area contributed by atoms with Crippen molar-refractivity contribution in [1.29, 1.82) is 0 Å². The molecule has 58 valence electrons. The first-order valence-corrected chi connectivity index (χ1v) is 3.14. The van der Waals surface area contributed by atoms with Crippen LogP contribution in [0.2, 0.25) is 0 Å². The van der Waals surface area contributed by atoms with Crippen LogP contribution in [0.1, 0.15) is 12.8 Å². The molecule has 0 aliphatic carbocycles. The molecule has 0 aromatic heterocycles. The lowest BCUT2D eigenvalue weighted by Gasteiger charge is -2.06. The molecule has 0 saturated carbocycles. The summed E-state index contributed by atoms with van der Waals surface area (Å²) in [4.78, 5) is 10.1. The Hall–Kier alpha value is -0.830. The second-order valence-electron chi connectivity index (χ2n) is 2.17. The third-order valence-electron chi connectivity index (χ3n) is 1.22. The van der Waals surface area contributed by atoms with Crippen molar-refractivity contribution in [1.82, 2.24) is 0 Å².